The molecule has 2 aliphatic rings. The number of furan rings is 1. The molecule has 1 aromatic heterocycles. The summed E-state index contributed by atoms with van der Waals surface area (Å²) < 4.78 is 5.40. The molecule has 14 heavy (non-hydrogen) atoms. The Balaban J connectivity index is 1.72. The molecule has 1 aromatic rings. The van der Waals surface area contributed by atoms with E-state index >= 15 is 0 Å². The lowest BCUT2D eigenvalue weighted by atomic mass is 10.1. The van der Waals surface area contributed by atoms with Crippen LogP contribution in [0.5, 0.6) is 0 Å². The van der Waals surface area contributed by atoms with Crippen molar-refractivity contribution < 1.29 is 4.42 Å². The molecule has 0 radical (unpaired) electrons. The molecule has 0 saturated heterocycles. The molecule has 3 rings (SSSR count). The van der Waals surface area contributed by atoms with Gasteiger partial charge < -0.3 is 4.42 Å². The van der Waals surface area contributed by atoms with E-state index in [4.69, 9.17) is 4.42 Å². The van der Waals surface area contributed by atoms with Crippen LogP contribution in [0.4, 0.5) is 0 Å². The second kappa shape index (κ2) is 3.28. The van der Waals surface area contributed by atoms with Crippen molar-refractivity contribution in [3.63, 3.8) is 0 Å². The molecule has 1 saturated carbocycles. The van der Waals surface area contributed by atoms with Gasteiger partial charge in [0, 0.05) is 19.1 Å². The Hall–Kier alpha value is -1.02. The zero-order valence-corrected chi connectivity index (χ0v) is 8.28. The van der Waals surface area contributed by atoms with Gasteiger partial charge in [0.1, 0.15) is 5.76 Å². The Morgan fingerprint density at radius 3 is 2.86 bits per heavy atom. The van der Waals surface area contributed by atoms with Crippen LogP contribution in [0, 0.1) is 0 Å². The fourth-order valence-electron chi connectivity index (χ4n) is 2.14. The molecule has 0 spiro atoms. The molecule has 2 nitrogen and oxygen atoms in total. The molecule has 2 heteroatoms. The van der Waals surface area contributed by atoms with Crippen LogP contribution in [0.2, 0.25) is 0 Å². The summed E-state index contributed by atoms with van der Waals surface area (Å²) in [5.41, 5.74) is 1.38. The lowest BCUT2D eigenvalue weighted by Crippen LogP contribution is -2.30. The Morgan fingerprint density at radius 1 is 1.36 bits per heavy atom. The van der Waals surface area contributed by atoms with Crippen molar-refractivity contribution in [1.82, 2.24) is 4.90 Å². The number of hydrogen-bond donors (Lipinski definition) is 0. The van der Waals surface area contributed by atoms with E-state index in [0.717, 1.165) is 24.8 Å². The van der Waals surface area contributed by atoms with E-state index < -0.39 is 0 Å². The van der Waals surface area contributed by atoms with Crippen molar-refractivity contribution in [1.29, 1.82) is 0 Å². The molecule has 0 aromatic carbocycles. The van der Waals surface area contributed by atoms with E-state index in [1.54, 1.807) is 6.26 Å². The predicted octanol–water partition coefficient (Wildman–Crippen LogP) is 2.53. The van der Waals surface area contributed by atoms with Crippen molar-refractivity contribution in [2.24, 2.45) is 0 Å². The summed E-state index contributed by atoms with van der Waals surface area (Å²) >= 11 is 0. The van der Waals surface area contributed by atoms with Gasteiger partial charge in [-0.15, -0.1) is 0 Å². The van der Waals surface area contributed by atoms with Crippen molar-refractivity contribution in [2.45, 2.75) is 25.3 Å². The van der Waals surface area contributed by atoms with Crippen LogP contribution in [-0.4, -0.2) is 24.0 Å². The van der Waals surface area contributed by atoms with Crippen molar-refractivity contribution in [2.75, 3.05) is 13.1 Å². The smallest absolute Gasteiger partial charge is 0.129 e. The van der Waals surface area contributed by atoms with Crippen LogP contribution in [0.25, 0.3) is 5.57 Å². The second-order valence-electron chi connectivity index (χ2n) is 4.18. The lowest BCUT2D eigenvalue weighted by molar-refractivity contribution is 0.290. The van der Waals surface area contributed by atoms with E-state index in [1.807, 2.05) is 6.07 Å². The van der Waals surface area contributed by atoms with Crippen LogP contribution in [0.3, 0.4) is 0 Å². The molecule has 1 fully saturated rings. The first-order valence-corrected chi connectivity index (χ1v) is 5.40. The fourth-order valence-corrected chi connectivity index (χ4v) is 2.14. The van der Waals surface area contributed by atoms with Gasteiger partial charge in [0.25, 0.3) is 0 Å². The molecular formula is C12H15NO. The zero-order chi connectivity index (χ0) is 9.38. The Morgan fingerprint density at radius 2 is 2.29 bits per heavy atom. The van der Waals surface area contributed by atoms with Gasteiger partial charge in [0.05, 0.1) is 6.26 Å². The number of nitrogens with zero attached hydrogens (tertiary/aromatic N) is 1. The first kappa shape index (κ1) is 8.30. The van der Waals surface area contributed by atoms with E-state index in [-0.39, 0.29) is 0 Å². The van der Waals surface area contributed by atoms with Gasteiger partial charge in [-0.3, -0.25) is 4.90 Å². The SMILES string of the molecule is C1=C(c2ccco2)CCN(C2CC2)C1. The third kappa shape index (κ3) is 1.50. The number of rotatable bonds is 2. The lowest BCUT2D eigenvalue weighted by Gasteiger charge is -2.25. The highest BCUT2D eigenvalue weighted by molar-refractivity contribution is 5.62. The van der Waals surface area contributed by atoms with Crippen molar-refractivity contribution >= 4 is 5.57 Å². The Bertz CT molecular complexity index is 335. The maximum absolute atomic E-state index is 5.40. The molecular weight excluding hydrogens is 174 g/mol. The predicted molar refractivity (Wildman–Crippen MR) is 55.9 cm³/mol. The third-order valence-corrected chi connectivity index (χ3v) is 3.14. The maximum Gasteiger partial charge on any atom is 0.129 e. The highest BCUT2D eigenvalue weighted by atomic mass is 16.3. The van der Waals surface area contributed by atoms with E-state index in [1.165, 1.54) is 25.0 Å². The summed E-state index contributed by atoms with van der Waals surface area (Å²) in [5, 5.41) is 0. The summed E-state index contributed by atoms with van der Waals surface area (Å²) in [6.45, 7) is 2.32. The third-order valence-electron chi connectivity index (χ3n) is 3.14. The van der Waals surface area contributed by atoms with Crippen LogP contribution in [0.15, 0.2) is 28.9 Å². The van der Waals surface area contributed by atoms with Crippen LogP contribution < -0.4 is 0 Å². The first-order chi connectivity index (χ1) is 6.93. The molecule has 0 atom stereocenters. The highest BCUT2D eigenvalue weighted by Crippen LogP contribution is 2.31. The minimum absolute atomic E-state index is 0.893. The largest absolute Gasteiger partial charge is 0.465 e. The van der Waals surface area contributed by atoms with Crippen molar-refractivity contribution in [3.8, 4) is 0 Å². The summed E-state index contributed by atoms with van der Waals surface area (Å²) in [5.74, 6) is 1.06. The molecule has 0 unspecified atom stereocenters. The topological polar surface area (TPSA) is 16.4 Å². The minimum atomic E-state index is 0.893. The molecule has 2 heterocycles. The van der Waals surface area contributed by atoms with Crippen LogP contribution in [-0.2, 0) is 0 Å². The van der Waals surface area contributed by atoms with Crippen molar-refractivity contribution in [3.05, 3.63) is 30.2 Å². The molecule has 0 N–H and O–H groups in total. The van der Waals surface area contributed by atoms with Crippen LogP contribution in [0.1, 0.15) is 25.0 Å². The van der Waals surface area contributed by atoms with E-state index in [0.29, 0.717) is 0 Å². The Labute approximate surface area is 84.2 Å². The van der Waals surface area contributed by atoms with Crippen LogP contribution >= 0.6 is 0 Å². The molecule has 74 valence electrons. The summed E-state index contributed by atoms with van der Waals surface area (Å²) in [6.07, 6.45) is 8.03. The molecule has 0 amide bonds. The van der Waals surface area contributed by atoms with Gasteiger partial charge in [0.15, 0.2) is 0 Å². The molecule has 0 bridgehead atoms. The minimum Gasteiger partial charge on any atom is -0.465 e. The monoisotopic (exact) mass is 189 g/mol. The van der Waals surface area contributed by atoms with Gasteiger partial charge in [-0.25, -0.2) is 0 Å². The maximum atomic E-state index is 5.40. The van der Waals surface area contributed by atoms with Gasteiger partial charge in [0.2, 0.25) is 0 Å². The Kier molecular flexibility index (Phi) is 1.95. The van der Waals surface area contributed by atoms with Gasteiger partial charge in [-0.1, -0.05) is 6.08 Å². The average Bonchev–Trinajstić information content (AvgIpc) is 2.94. The molecule has 1 aliphatic carbocycles. The summed E-state index contributed by atoms with van der Waals surface area (Å²) in [7, 11) is 0. The fraction of sp³-hybridized carbons (Fsp3) is 0.500. The summed E-state index contributed by atoms with van der Waals surface area (Å²) in [4.78, 5) is 2.58. The second-order valence-corrected chi connectivity index (χ2v) is 4.18. The standard InChI is InChI=1S/C12H15NO/c1-2-12(14-9-1)10-5-7-13(8-6-10)11-3-4-11/h1-2,5,9,11H,3-4,6-8H2. The molecule has 1 aliphatic heterocycles. The normalized spacial score (nSPS) is 23.6. The number of hydrogen-bond acceptors (Lipinski definition) is 2. The van der Waals surface area contributed by atoms with Gasteiger partial charge in [-0.2, -0.15) is 0 Å². The quantitative estimate of drug-likeness (QED) is 0.710. The average molecular weight is 189 g/mol. The van der Waals surface area contributed by atoms with Gasteiger partial charge in [-0.05, 0) is 37.0 Å². The summed E-state index contributed by atoms with van der Waals surface area (Å²) in [6, 6.07) is 4.91. The first-order valence-electron chi connectivity index (χ1n) is 5.40. The zero-order valence-electron chi connectivity index (χ0n) is 8.28. The van der Waals surface area contributed by atoms with E-state index in [9.17, 15) is 0 Å². The van der Waals surface area contributed by atoms with Gasteiger partial charge >= 0.3 is 0 Å². The van der Waals surface area contributed by atoms with E-state index in [2.05, 4.69) is 17.0 Å². The highest BCUT2D eigenvalue weighted by Gasteiger charge is 2.29.